The van der Waals surface area contributed by atoms with Crippen LogP contribution in [0.15, 0.2) is 22.7 Å². The van der Waals surface area contributed by atoms with Crippen LogP contribution < -0.4 is 10.1 Å². The van der Waals surface area contributed by atoms with Crippen LogP contribution in [0.1, 0.15) is 5.56 Å². The number of rotatable bonds is 6. The summed E-state index contributed by atoms with van der Waals surface area (Å²) in [6, 6.07) is 6.55. The number of nitrogens with one attached hydrogen (secondary N) is 1. The molecule has 0 heterocycles. The molecule has 1 unspecified atom stereocenters. The van der Waals surface area contributed by atoms with Crippen LogP contribution in [0.5, 0.6) is 5.75 Å². The second kappa shape index (κ2) is 6.99. The number of methoxy groups -OCH3 is 1. The molecule has 0 saturated carbocycles. The molecule has 4 heteroatoms. The predicted octanol–water partition coefficient (Wildman–Crippen LogP) is 2.15. The van der Waals surface area contributed by atoms with Gasteiger partial charge in [0.2, 0.25) is 0 Å². The summed E-state index contributed by atoms with van der Waals surface area (Å²) >= 11 is 3.50. The van der Waals surface area contributed by atoms with Crippen LogP contribution >= 0.6 is 15.9 Å². The fourth-order valence-corrected chi connectivity index (χ4v) is 2.28. The van der Waals surface area contributed by atoms with Crippen molar-refractivity contribution in [1.82, 2.24) is 10.2 Å². The van der Waals surface area contributed by atoms with Crippen molar-refractivity contribution < 1.29 is 4.74 Å². The number of hydrogen-bond acceptors (Lipinski definition) is 3. The highest BCUT2D eigenvalue weighted by atomic mass is 79.9. The van der Waals surface area contributed by atoms with E-state index in [0.29, 0.717) is 6.04 Å². The van der Waals surface area contributed by atoms with Gasteiger partial charge in [-0.25, -0.2) is 0 Å². The average Bonchev–Trinajstić information content (AvgIpc) is 2.28. The second-order valence-corrected chi connectivity index (χ2v) is 5.32. The number of ether oxygens (including phenoxy) is 1. The largest absolute Gasteiger partial charge is 0.496 e. The van der Waals surface area contributed by atoms with Gasteiger partial charge in [-0.3, -0.25) is 0 Å². The minimum atomic E-state index is 0.424. The lowest BCUT2D eigenvalue weighted by Gasteiger charge is -2.21. The monoisotopic (exact) mass is 300 g/mol. The third-order valence-corrected chi connectivity index (χ3v) is 3.20. The molecule has 96 valence electrons. The van der Waals surface area contributed by atoms with E-state index < -0.39 is 0 Å². The molecule has 3 nitrogen and oxygen atoms in total. The van der Waals surface area contributed by atoms with Gasteiger partial charge < -0.3 is 15.0 Å². The third kappa shape index (κ3) is 4.66. The van der Waals surface area contributed by atoms with E-state index in [0.717, 1.165) is 23.2 Å². The van der Waals surface area contributed by atoms with E-state index in [1.165, 1.54) is 5.56 Å². The van der Waals surface area contributed by atoms with Crippen molar-refractivity contribution in [2.75, 3.05) is 34.8 Å². The van der Waals surface area contributed by atoms with Gasteiger partial charge in [-0.05, 0) is 51.3 Å². The molecule has 0 aliphatic heterocycles. The van der Waals surface area contributed by atoms with Gasteiger partial charge in [-0.15, -0.1) is 0 Å². The average molecular weight is 301 g/mol. The van der Waals surface area contributed by atoms with Gasteiger partial charge in [-0.1, -0.05) is 15.9 Å². The first kappa shape index (κ1) is 14.5. The van der Waals surface area contributed by atoms with E-state index in [1.807, 2.05) is 19.2 Å². The minimum Gasteiger partial charge on any atom is -0.496 e. The Kier molecular flexibility index (Phi) is 5.95. The Bertz CT molecular complexity index is 355. The Morgan fingerprint density at radius 1 is 1.41 bits per heavy atom. The summed E-state index contributed by atoms with van der Waals surface area (Å²) in [5, 5.41) is 3.34. The minimum absolute atomic E-state index is 0.424. The van der Waals surface area contributed by atoms with Crippen LogP contribution in [0, 0.1) is 0 Å². The second-order valence-electron chi connectivity index (χ2n) is 4.41. The number of hydrogen-bond donors (Lipinski definition) is 1. The van der Waals surface area contributed by atoms with Crippen molar-refractivity contribution in [3.8, 4) is 5.75 Å². The molecule has 17 heavy (non-hydrogen) atoms. The summed E-state index contributed by atoms with van der Waals surface area (Å²) in [6.45, 7) is 1.01. The van der Waals surface area contributed by atoms with Gasteiger partial charge in [0.15, 0.2) is 0 Å². The Morgan fingerprint density at radius 2 is 2.12 bits per heavy atom. The molecule has 1 atom stereocenters. The standard InChI is InChI=1S/C13H21BrN2O/c1-15-12(9-16(2)3)8-10-7-11(14)5-6-13(10)17-4/h5-7,12,15H,8-9H2,1-4H3. The highest BCUT2D eigenvalue weighted by Gasteiger charge is 2.12. The zero-order valence-corrected chi connectivity index (χ0v) is 12.5. The fraction of sp³-hybridized carbons (Fsp3) is 0.538. The fourth-order valence-electron chi connectivity index (χ4n) is 1.87. The maximum atomic E-state index is 5.39. The third-order valence-electron chi connectivity index (χ3n) is 2.70. The lowest BCUT2D eigenvalue weighted by atomic mass is 10.0. The van der Waals surface area contributed by atoms with Gasteiger partial charge >= 0.3 is 0 Å². The zero-order chi connectivity index (χ0) is 12.8. The molecular formula is C13H21BrN2O. The quantitative estimate of drug-likeness (QED) is 0.871. The number of benzene rings is 1. The lowest BCUT2D eigenvalue weighted by molar-refractivity contribution is 0.342. The summed E-state index contributed by atoms with van der Waals surface area (Å²) in [4.78, 5) is 2.19. The van der Waals surface area contributed by atoms with E-state index >= 15 is 0 Å². The first-order valence-electron chi connectivity index (χ1n) is 5.71. The molecule has 0 saturated heterocycles. The first-order chi connectivity index (χ1) is 8.06. The smallest absolute Gasteiger partial charge is 0.122 e. The molecule has 0 bridgehead atoms. The molecule has 0 fully saturated rings. The van der Waals surface area contributed by atoms with Crippen LogP contribution in [0.2, 0.25) is 0 Å². The molecule has 1 rings (SSSR count). The molecule has 0 aromatic heterocycles. The predicted molar refractivity (Wildman–Crippen MR) is 75.8 cm³/mol. The van der Waals surface area contributed by atoms with Crippen LogP contribution in [-0.2, 0) is 6.42 Å². The molecule has 0 amide bonds. The molecule has 1 aromatic rings. The van der Waals surface area contributed by atoms with Crippen molar-refractivity contribution in [3.63, 3.8) is 0 Å². The molecular weight excluding hydrogens is 280 g/mol. The van der Waals surface area contributed by atoms with Crippen LogP contribution in [0.4, 0.5) is 0 Å². The molecule has 0 aliphatic rings. The summed E-state index contributed by atoms with van der Waals surface area (Å²) in [5.74, 6) is 0.951. The van der Waals surface area contributed by atoms with Gasteiger partial charge in [0.1, 0.15) is 5.75 Å². The Hall–Kier alpha value is -0.580. The van der Waals surface area contributed by atoms with E-state index in [-0.39, 0.29) is 0 Å². The van der Waals surface area contributed by atoms with Gasteiger partial charge in [0.25, 0.3) is 0 Å². The lowest BCUT2D eigenvalue weighted by Crippen LogP contribution is -2.37. The van der Waals surface area contributed by atoms with Crippen molar-refractivity contribution in [1.29, 1.82) is 0 Å². The maximum absolute atomic E-state index is 5.39. The van der Waals surface area contributed by atoms with E-state index in [2.05, 4.69) is 46.3 Å². The van der Waals surface area contributed by atoms with Gasteiger partial charge in [-0.2, -0.15) is 0 Å². The number of nitrogens with zero attached hydrogens (tertiary/aromatic N) is 1. The van der Waals surface area contributed by atoms with E-state index in [9.17, 15) is 0 Å². The molecule has 1 N–H and O–H groups in total. The van der Waals surface area contributed by atoms with Crippen LogP contribution in [-0.4, -0.2) is 45.7 Å². The van der Waals surface area contributed by atoms with Gasteiger partial charge in [0.05, 0.1) is 7.11 Å². The molecule has 0 aliphatic carbocycles. The number of halogens is 1. The van der Waals surface area contributed by atoms with Crippen molar-refractivity contribution in [3.05, 3.63) is 28.2 Å². The summed E-state index contributed by atoms with van der Waals surface area (Å²) in [5.41, 5.74) is 1.23. The molecule has 0 spiro atoms. The Labute approximate surface area is 112 Å². The topological polar surface area (TPSA) is 24.5 Å². The van der Waals surface area contributed by atoms with Crippen LogP contribution in [0.25, 0.3) is 0 Å². The Balaban J connectivity index is 2.80. The van der Waals surface area contributed by atoms with Crippen LogP contribution in [0.3, 0.4) is 0 Å². The Morgan fingerprint density at radius 3 is 2.65 bits per heavy atom. The highest BCUT2D eigenvalue weighted by molar-refractivity contribution is 9.10. The number of likely N-dealkylation sites (N-methyl/N-ethyl adjacent to an activating group) is 2. The van der Waals surface area contributed by atoms with E-state index in [1.54, 1.807) is 7.11 Å². The van der Waals surface area contributed by atoms with Crippen molar-refractivity contribution >= 4 is 15.9 Å². The zero-order valence-electron chi connectivity index (χ0n) is 11.0. The molecule has 1 aromatic carbocycles. The van der Waals surface area contributed by atoms with E-state index in [4.69, 9.17) is 4.74 Å². The summed E-state index contributed by atoms with van der Waals surface area (Å²) in [6.07, 6.45) is 0.956. The SMILES string of the molecule is CNC(Cc1cc(Br)ccc1OC)CN(C)C. The van der Waals surface area contributed by atoms with Gasteiger partial charge in [0, 0.05) is 17.1 Å². The highest BCUT2D eigenvalue weighted by Crippen LogP contribution is 2.24. The van der Waals surface area contributed by atoms with Crippen molar-refractivity contribution in [2.24, 2.45) is 0 Å². The summed E-state index contributed by atoms with van der Waals surface area (Å²) < 4.78 is 6.48. The summed E-state index contributed by atoms with van der Waals surface area (Å²) in [7, 11) is 7.89. The van der Waals surface area contributed by atoms with Crippen molar-refractivity contribution in [2.45, 2.75) is 12.5 Å². The first-order valence-corrected chi connectivity index (χ1v) is 6.50. The molecule has 0 radical (unpaired) electrons. The normalized spacial score (nSPS) is 12.8. The maximum Gasteiger partial charge on any atom is 0.122 e.